The molecule has 9 nitrogen and oxygen atoms in total. The van der Waals surface area contributed by atoms with Crippen molar-refractivity contribution in [3.05, 3.63) is 58.4 Å². The number of carbonyl (C=O) groups is 3. The van der Waals surface area contributed by atoms with Crippen molar-refractivity contribution in [2.24, 2.45) is 11.8 Å². The summed E-state index contributed by atoms with van der Waals surface area (Å²) in [4.78, 5) is 35.1. The highest BCUT2D eigenvalue weighted by atomic mass is 35.5. The molecule has 2 aromatic carbocycles. The van der Waals surface area contributed by atoms with Gasteiger partial charge in [-0.15, -0.1) is 0 Å². The number of benzene rings is 2. The van der Waals surface area contributed by atoms with Crippen LogP contribution in [0.2, 0.25) is 5.02 Å². The van der Waals surface area contributed by atoms with Crippen LogP contribution in [0.4, 0.5) is 18.9 Å². The van der Waals surface area contributed by atoms with Crippen LogP contribution in [0, 0.1) is 29.3 Å². The number of amides is 2. The van der Waals surface area contributed by atoms with Gasteiger partial charge in [-0.05, 0) is 49.3 Å². The van der Waals surface area contributed by atoms with Gasteiger partial charge in [0.2, 0.25) is 5.91 Å². The van der Waals surface area contributed by atoms with E-state index in [0.29, 0.717) is 18.6 Å². The lowest BCUT2D eigenvalue weighted by molar-refractivity contribution is -0.183. The Hall–Kier alpha value is -3.16. The fourth-order valence-corrected chi connectivity index (χ4v) is 7.70. The number of carboxylic acid groups (broad SMARTS) is 1. The third-order valence-electron chi connectivity index (χ3n) is 7.36. The number of anilines is 1. The molecule has 2 amide bonds. The van der Waals surface area contributed by atoms with E-state index in [9.17, 15) is 41.1 Å². The minimum absolute atomic E-state index is 0.0403. The smallest absolute Gasteiger partial charge is 0.305 e. The molecule has 0 saturated heterocycles. The molecule has 0 radical (unpaired) electrons. The Labute approximate surface area is 226 Å². The van der Waals surface area contributed by atoms with Crippen molar-refractivity contribution in [1.29, 1.82) is 0 Å². The van der Waals surface area contributed by atoms with Crippen LogP contribution < -0.4 is 10.6 Å². The van der Waals surface area contributed by atoms with E-state index >= 15 is 0 Å². The minimum Gasteiger partial charge on any atom is -0.481 e. The fraction of sp³-hybridized carbons (Fsp3) is 0.400. The number of hydrogen-bond donors (Lipinski definition) is 4. The number of nitrogens with one attached hydrogen (secondary N) is 2. The number of rotatable bonds is 9. The maximum Gasteiger partial charge on any atom is 0.305 e. The van der Waals surface area contributed by atoms with Crippen LogP contribution in [-0.2, 0) is 19.4 Å². The van der Waals surface area contributed by atoms with Crippen LogP contribution in [0.5, 0.6) is 0 Å². The first-order valence-corrected chi connectivity index (χ1v) is 13.8. The Morgan fingerprint density at radius 2 is 1.64 bits per heavy atom. The Bertz CT molecular complexity index is 1420. The van der Waals surface area contributed by atoms with Gasteiger partial charge in [0.05, 0.1) is 33.6 Å². The summed E-state index contributed by atoms with van der Waals surface area (Å²) in [6, 6.07) is 4.59. The molecule has 4 N–H and O–H groups in total. The van der Waals surface area contributed by atoms with Crippen molar-refractivity contribution in [3.63, 3.8) is 0 Å². The molecule has 5 rings (SSSR count). The summed E-state index contributed by atoms with van der Waals surface area (Å²) in [5, 5.41) is 23.3. The molecule has 2 unspecified atom stereocenters. The Morgan fingerprint density at radius 1 is 1.03 bits per heavy atom. The number of fused-ring (bicyclic) bond motifs is 2. The molecule has 3 saturated carbocycles. The molecule has 0 aliphatic heterocycles. The van der Waals surface area contributed by atoms with Gasteiger partial charge >= 0.3 is 5.97 Å². The van der Waals surface area contributed by atoms with Gasteiger partial charge in [-0.1, -0.05) is 11.6 Å². The average molecular weight is 589 g/mol. The molecule has 0 heterocycles. The normalized spacial score (nSPS) is 24.0. The average Bonchev–Trinajstić information content (AvgIpc) is 2.87. The van der Waals surface area contributed by atoms with Crippen LogP contribution in [0.25, 0.3) is 0 Å². The Balaban J connectivity index is 1.47. The van der Waals surface area contributed by atoms with E-state index in [1.165, 1.54) is 12.1 Å². The zero-order valence-electron chi connectivity index (χ0n) is 20.2. The maximum atomic E-state index is 13.5. The molecule has 39 heavy (non-hydrogen) atoms. The van der Waals surface area contributed by atoms with Gasteiger partial charge < -0.3 is 20.8 Å². The van der Waals surface area contributed by atoms with Crippen molar-refractivity contribution in [3.8, 4) is 0 Å². The summed E-state index contributed by atoms with van der Waals surface area (Å²) in [6.45, 7) is -0.0932. The monoisotopic (exact) mass is 588 g/mol. The molecule has 2 atom stereocenters. The second-order valence-corrected chi connectivity index (χ2v) is 12.4. The number of sulfone groups is 1. The second-order valence-electron chi connectivity index (χ2n) is 9.78. The van der Waals surface area contributed by atoms with Gasteiger partial charge in [0, 0.05) is 29.9 Å². The lowest BCUT2D eigenvalue weighted by Crippen LogP contribution is -2.63. The van der Waals surface area contributed by atoms with Gasteiger partial charge in [0.1, 0.15) is 0 Å². The summed E-state index contributed by atoms with van der Waals surface area (Å²) in [7, 11) is -4.10. The summed E-state index contributed by atoms with van der Waals surface area (Å²) in [5.74, 6) is -8.24. The first-order chi connectivity index (χ1) is 18.2. The van der Waals surface area contributed by atoms with Gasteiger partial charge in [-0.3, -0.25) is 14.4 Å². The molecular formula is C25H24ClF3N2O7S. The van der Waals surface area contributed by atoms with E-state index in [1.54, 1.807) is 0 Å². The van der Waals surface area contributed by atoms with Crippen molar-refractivity contribution in [2.45, 2.75) is 47.9 Å². The largest absolute Gasteiger partial charge is 0.481 e. The second kappa shape index (κ2) is 10.8. The van der Waals surface area contributed by atoms with E-state index in [-0.39, 0.29) is 53.4 Å². The Morgan fingerprint density at radius 3 is 2.23 bits per heavy atom. The molecule has 0 spiro atoms. The van der Waals surface area contributed by atoms with Crippen LogP contribution in [0.15, 0.2) is 35.2 Å². The number of hydrogen-bond acceptors (Lipinski definition) is 6. The molecule has 3 fully saturated rings. The predicted octanol–water partition coefficient (Wildman–Crippen LogP) is 3.29. The summed E-state index contributed by atoms with van der Waals surface area (Å²) >= 11 is 6.17. The van der Waals surface area contributed by atoms with E-state index in [2.05, 4.69) is 10.6 Å². The Kier molecular flexibility index (Phi) is 7.97. The van der Waals surface area contributed by atoms with Crippen LogP contribution in [-0.4, -0.2) is 53.8 Å². The van der Waals surface area contributed by atoms with Crippen molar-refractivity contribution in [1.82, 2.24) is 5.32 Å². The van der Waals surface area contributed by atoms with E-state index in [4.69, 9.17) is 16.7 Å². The molecule has 2 aromatic rings. The van der Waals surface area contributed by atoms with E-state index < -0.39 is 67.8 Å². The standard InChI is InChI=1S/C25H24ClF3N2O7S/c26-17-2-1-12(24(35)31-15-9-18(27)23(29)19(28)10-15)5-20(17)39(37,38)16-7-13-6-14(8-16)25(13,36)11-21(32)30-4-3-22(33)34/h1-2,5,9-10,13-14,16,36H,3-4,6-8,11H2,(H,30,32)(H,31,35)(H,33,34). The molecule has 14 heteroatoms. The topological polar surface area (TPSA) is 150 Å². The number of aliphatic carboxylic acids is 1. The number of aliphatic hydroxyl groups is 1. The predicted molar refractivity (Wildman–Crippen MR) is 132 cm³/mol. The number of carboxylic acids is 1. The summed E-state index contributed by atoms with van der Waals surface area (Å²) in [6.07, 6.45) is 0.0473. The highest BCUT2D eigenvalue weighted by Gasteiger charge is 2.60. The highest BCUT2D eigenvalue weighted by Crippen LogP contribution is 2.57. The van der Waals surface area contributed by atoms with Crippen molar-refractivity contribution < 1.29 is 46.2 Å². The lowest BCUT2D eigenvalue weighted by Gasteiger charge is -2.58. The summed E-state index contributed by atoms with van der Waals surface area (Å²) in [5.41, 5.74) is -1.97. The molecule has 3 aliphatic carbocycles. The SMILES string of the molecule is O=C(O)CCNC(=O)CC1(O)C2CC1CC(S(=O)(=O)c1cc(C(=O)Nc3cc(F)c(F)c(F)c3)ccc1Cl)C2. The first kappa shape index (κ1) is 28.8. The third-order valence-corrected chi connectivity index (χ3v) is 10.0. The summed E-state index contributed by atoms with van der Waals surface area (Å²) < 4.78 is 67.2. The minimum atomic E-state index is -4.10. The molecule has 210 valence electrons. The quantitative estimate of drug-likeness (QED) is 0.328. The van der Waals surface area contributed by atoms with Gasteiger partial charge in [-0.25, -0.2) is 21.6 Å². The maximum absolute atomic E-state index is 13.5. The number of carbonyl (C=O) groups excluding carboxylic acids is 2. The van der Waals surface area contributed by atoms with Crippen molar-refractivity contribution >= 4 is 44.9 Å². The lowest BCUT2D eigenvalue weighted by atomic mass is 9.52. The van der Waals surface area contributed by atoms with Gasteiger partial charge in [-0.2, -0.15) is 0 Å². The van der Waals surface area contributed by atoms with Gasteiger partial charge in [0.25, 0.3) is 5.91 Å². The molecule has 2 bridgehead atoms. The third kappa shape index (κ3) is 5.75. The van der Waals surface area contributed by atoms with Crippen LogP contribution in [0.3, 0.4) is 0 Å². The van der Waals surface area contributed by atoms with E-state index in [0.717, 1.165) is 6.07 Å². The molecular weight excluding hydrogens is 565 g/mol. The zero-order chi connectivity index (χ0) is 28.7. The van der Waals surface area contributed by atoms with Crippen molar-refractivity contribution in [2.75, 3.05) is 11.9 Å². The highest BCUT2D eigenvalue weighted by molar-refractivity contribution is 7.92. The van der Waals surface area contributed by atoms with E-state index in [1.807, 2.05) is 0 Å². The zero-order valence-corrected chi connectivity index (χ0v) is 21.8. The first-order valence-electron chi connectivity index (χ1n) is 11.9. The molecule has 3 aliphatic rings. The van der Waals surface area contributed by atoms with Gasteiger partial charge in [0.15, 0.2) is 27.3 Å². The van der Waals surface area contributed by atoms with Crippen LogP contribution >= 0.6 is 11.6 Å². The fourth-order valence-electron chi connectivity index (χ4n) is 5.30. The number of halogens is 4. The molecule has 0 aromatic heterocycles. The van der Waals surface area contributed by atoms with Crippen LogP contribution in [0.1, 0.15) is 42.5 Å².